The van der Waals surface area contributed by atoms with Gasteiger partial charge in [-0.1, -0.05) is 42.6 Å². The molecule has 0 spiro atoms. The summed E-state index contributed by atoms with van der Waals surface area (Å²) in [6, 6.07) is 4.31. The van der Waals surface area contributed by atoms with Crippen molar-refractivity contribution in [2.75, 3.05) is 13.2 Å². The highest BCUT2D eigenvalue weighted by Gasteiger charge is 2.25. The number of ether oxygens (including phenoxy) is 1. The molecule has 0 bridgehead atoms. The molecule has 1 heterocycles. The van der Waals surface area contributed by atoms with E-state index in [9.17, 15) is 9.18 Å². The summed E-state index contributed by atoms with van der Waals surface area (Å²) in [6.45, 7) is 4.60. The Bertz CT molecular complexity index is 788. The quantitative estimate of drug-likeness (QED) is 0.717. The molecule has 1 amide bonds. The lowest BCUT2D eigenvalue weighted by molar-refractivity contribution is -0.00294. The molecular formula is C20H24ClFN2O3. The van der Waals surface area contributed by atoms with Gasteiger partial charge in [0.25, 0.3) is 5.91 Å². The average molecular weight is 395 g/mol. The lowest BCUT2D eigenvalue weighted by atomic mass is 9.88. The van der Waals surface area contributed by atoms with Crippen molar-refractivity contribution in [2.24, 2.45) is 5.92 Å². The summed E-state index contributed by atoms with van der Waals surface area (Å²) in [4.78, 5) is 12.6. The zero-order valence-electron chi connectivity index (χ0n) is 15.6. The first-order chi connectivity index (χ1) is 13.0. The summed E-state index contributed by atoms with van der Waals surface area (Å²) in [7, 11) is 0. The number of aryl methyl sites for hydroxylation is 1. The Balaban J connectivity index is 1.65. The maximum atomic E-state index is 14.2. The van der Waals surface area contributed by atoms with Gasteiger partial charge in [0.1, 0.15) is 22.8 Å². The summed E-state index contributed by atoms with van der Waals surface area (Å²) < 4.78 is 25.3. The molecule has 5 nitrogen and oxygen atoms in total. The van der Waals surface area contributed by atoms with Gasteiger partial charge in [-0.2, -0.15) is 0 Å². The first kappa shape index (κ1) is 19.8. The van der Waals surface area contributed by atoms with Crippen LogP contribution >= 0.6 is 11.6 Å². The molecule has 27 heavy (non-hydrogen) atoms. The molecular weight excluding hydrogens is 371 g/mol. The second kappa shape index (κ2) is 8.85. The molecule has 1 aromatic carbocycles. The van der Waals surface area contributed by atoms with Crippen molar-refractivity contribution < 1.29 is 18.4 Å². The van der Waals surface area contributed by atoms with Crippen molar-refractivity contribution in [3.63, 3.8) is 0 Å². The van der Waals surface area contributed by atoms with E-state index in [2.05, 4.69) is 17.4 Å². The van der Waals surface area contributed by atoms with Crippen LogP contribution in [0.1, 0.15) is 48.7 Å². The number of aromatic nitrogens is 1. The molecule has 3 rings (SSSR count). The fraction of sp³-hybridized carbons (Fsp3) is 0.500. The first-order valence-corrected chi connectivity index (χ1v) is 9.67. The number of nitrogens with zero attached hydrogens (tertiary/aromatic N) is 1. The predicted octanol–water partition coefficient (Wildman–Crippen LogP) is 4.77. The second-order valence-electron chi connectivity index (χ2n) is 6.99. The number of amides is 1. The van der Waals surface area contributed by atoms with Crippen molar-refractivity contribution in [1.29, 1.82) is 0 Å². The van der Waals surface area contributed by atoms with Gasteiger partial charge in [0, 0.05) is 6.54 Å². The van der Waals surface area contributed by atoms with Crippen molar-refractivity contribution in [3.8, 4) is 11.3 Å². The molecule has 1 fully saturated rings. The number of nitrogens with one attached hydrogen (secondary N) is 1. The SMILES string of the molecule is Cc1onc(-c2c(F)cccc2Cl)c1C(=O)NCCOC1CCCCC1C. The molecule has 7 heteroatoms. The zero-order valence-corrected chi connectivity index (χ0v) is 16.3. The minimum absolute atomic E-state index is 0.0634. The minimum atomic E-state index is -0.556. The molecule has 2 atom stereocenters. The Morgan fingerprint density at radius 3 is 2.93 bits per heavy atom. The van der Waals surface area contributed by atoms with Crippen LogP contribution < -0.4 is 5.32 Å². The van der Waals surface area contributed by atoms with Crippen LogP contribution in [-0.2, 0) is 4.74 Å². The maximum absolute atomic E-state index is 14.2. The molecule has 2 aromatic rings. The largest absolute Gasteiger partial charge is 0.376 e. The lowest BCUT2D eigenvalue weighted by Crippen LogP contribution is -2.32. The van der Waals surface area contributed by atoms with E-state index < -0.39 is 5.82 Å². The van der Waals surface area contributed by atoms with Crippen LogP contribution in [0.5, 0.6) is 0 Å². The molecule has 1 N–H and O–H groups in total. The topological polar surface area (TPSA) is 64.4 Å². The summed E-state index contributed by atoms with van der Waals surface area (Å²) in [5.74, 6) is -0.0870. The smallest absolute Gasteiger partial charge is 0.257 e. The number of halogens is 2. The van der Waals surface area contributed by atoms with Crippen LogP contribution in [-0.4, -0.2) is 30.3 Å². The van der Waals surface area contributed by atoms with E-state index in [1.54, 1.807) is 13.0 Å². The molecule has 0 saturated heterocycles. The molecule has 1 aliphatic carbocycles. The Hall–Kier alpha value is -1.92. The van der Waals surface area contributed by atoms with Crippen molar-refractivity contribution in [3.05, 3.63) is 40.4 Å². The second-order valence-corrected chi connectivity index (χ2v) is 7.39. The standard InChI is InChI=1S/C20H24ClFN2O3/c1-12-6-3-4-9-16(12)26-11-10-23-20(25)17-13(2)27-24-19(17)18-14(21)7-5-8-15(18)22/h5,7-8,12,16H,3-4,6,9-11H2,1-2H3,(H,23,25). The van der Waals surface area contributed by atoms with Crippen LogP contribution in [0.2, 0.25) is 5.02 Å². The summed E-state index contributed by atoms with van der Waals surface area (Å²) in [6.07, 6.45) is 4.94. The normalized spacial score (nSPS) is 19.9. The predicted molar refractivity (Wildman–Crippen MR) is 101 cm³/mol. The monoisotopic (exact) mass is 394 g/mol. The average Bonchev–Trinajstić information content (AvgIpc) is 3.01. The third-order valence-corrected chi connectivity index (χ3v) is 5.36. The van der Waals surface area contributed by atoms with Crippen molar-refractivity contribution in [1.82, 2.24) is 10.5 Å². The van der Waals surface area contributed by atoms with Crippen molar-refractivity contribution in [2.45, 2.75) is 45.6 Å². The third-order valence-electron chi connectivity index (χ3n) is 5.04. The van der Waals surface area contributed by atoms with E-state index in [0.717, 1.165) is 6.42 Å². The molecule has 2 unspecified atom stereocenters. The Labute approximate surface area is 163 Å². The van der Waals surface area contributed by atoms with Gasteiger partial charge in [0.05, 0.1) is 23.3 Å². The van der Waals surface area contributed by atoms with Crippen LogP contribution in [0, 0.1) is 18.7 Å². The Morgan fingerprint density at radius 1 is 1.41 bits per heavy atom. The molecule has 1 saturated carbocycles. The number of carbonyl (C=O) groups excluding carboxylic acids is 1. The molecule has 1 aliphatic rings. The van der Waals surface area contributed by atoms with E-state index in [-0.39, 0.29) is 33.9 Å². The van der Waals surface area contributed by atoms with E-state index in [4.69, 9.17) is 20.9 Å². The molecule has 1 aromatic heterocycles. The summed E-state index contributed by atoms with van der Waals surface area (Å²) in [5.41, 5.74) is 0.358. The highest BCUT2D eigenvalue weighted by molar-refractivity contribution is 6.33. The number of hydrogen-bond acceptors (Lipinski definition) is 4. The van der Waals surface area contributed by atoms with Crippen LogP contribution in [0.25, 0.3) is 11.3 Å². The van der Waals surface area contributed by atoms with E-state index in [1.807, 2.05) is 0 Å². The van der Waals surface area contributed by atoms with Gasteiger partial charge in [-0.3, -0.25) is 4.79 Å². The Morgan fingerprint density at radius 2 is 2.19 bits per heavy atom. The molecule has 146 valence electrons. The van der Waals surface area contributed by atoms with Crippen LogP contribution in [0.4, 0.5) is 4.39 Å². The van der Waals surface area contributed by atoms with E-state index in [1.165, 1.54) is 31.4 Å². The molecule has 0 radical (unpaired) electrons. The maximum Gasteiger partial charge on any atom is 0.257 e. The number of carbonyl (C=O) groups is 1. The molecule has 0 aliphatic heterocycles. The van der Waals surface area contributed by atoms with Gasteiger partial charge < -0.3 is 14.6 Å². The summed E-state index contributed by atoms with van der Waals surface area (Å²) >= 11 is 6.10. The van der Waals surface area contributed by atoms with Crippen LogP contribution in [0.3, 0.4) is 0 Å². The van der Waals surface area contributed by atoms with Crippen molar-refractivity contribution >= 4 is 17.5 Å². The van der Waals surface area contributed by atoms with E-state index in [0.29, 0.717) is 24.8 Å². The fourth-order valence-corrected chi connectivity index (χ4v) is 3.78. The third kappa shape index (κ3) is 4.50. The van der Waals surface area contributed by atoms with Gasteiger partial charge in [0.15, 0.2) is 0 Å². The lowest BCUT2D eigenvalue weighted by Gasteiger charge is -2.28. The highest BCUT2D eigenvalue weighted by Crippen LogP contribution is 2.33. The highest BCUT2D eigenvalue weighted by atomic mass is 35.5. The first-order valence-electron chi connectivity index (χ1n) is 9.29. The van der Waals surface area contributed by atoms with Crippen LogP contribution in [0.15, 0.2) is 22.7 Å². The fourth-order valence-electron chi connectivity index (χ4n) is 3.53. The zero-order chi connectivity index (χ0) is 19.4. The van der Waals surface area contributed by atoms with Gasteiger partial charge in [0.2, 0.25) is 0 Å². The van der Waals surface area contributed by atoms with Gasteiger partial charge >= 0.3 is 0 Å². The van der Waals surface area contributed by atoms with E-state index >= 15 is 0 Å². The van der Waals surface area contributed by atoms with Gasteiger partial charge in [-0.15, -0.1) is 0 Å². The number of benzene rings is 1. The summed E-state index contributed by atoms with van der Waals surface area (Å²) in [5, 5.41) is 6.82. The number of hydrogen-bond donors (Lipinski definition) is 1. The minimum Gasteiger partial charge on any atom is -0.376 e. The van der Waals surface area contributed by atoms with Gasteiger partial charge in [-0.25, -0.2) is 4.39 Å². The van der Waals surface area contributed by atoms with Gasteiger partial charge in [-0.05, 0) is 37.8 Å². The Kier molecular flexibility index (Phi) is 6.50. The number of rotatable bonds is 6.